The quantitative estimate of drug-likeness (QED) is 0.287. The maximum atomic E-state index is 9.58. The van der Waals surface area contributed by atoms with Crippen molar-refractivity contribution in [2.75, 3.05) is 24.1 Å². The van der Waals surface area contributed by atoms with E-state index in [1.165, 1.54) is 6.33 Å². The Balaban J connectivity index is 0.00000341. The predicted octanol–water partition coefficient (Wildman–Crippen LogP) is 3.82. The van der Waals surface area contributed by atoms with Crippen LogP contribution in [-0.2, 0) is 0 Å². The van der Waals surface area contributed by atoms with Gasteiger partial charge in [-0.05, 0) is 24.3 Å². The van der Waals surface area contributed by atoms with Gasteiger partial charge in [-0.15, -0.1) is 12.4 Å². The molecule has 3 aromatic rings. The molecule has 0 saturated heterocycles. The van der Waals surface area contributed by atoms with E-state index in [0.29, 0.717) is 33.1 Å². The van der Waals surface area contributed by atoms with Crippen molar-refractivity contribution in [1.29, 1.82) is 0 Å². The number of benzene rings is 2. The number of aromatic nitrogens is 2. The normalized spacial score (nSPS) is 11.6. The van der Waals surface area contributed by atoms with Crippen molar-refractivity contribution in [1.82, 2.24) is 9.97 Å². The Morgan fingerprint density at radius 1 is 0.742 bits per heavy atom. The van der Waals surface area contributed by atoms with Gasteiger partial charge < -0.3 is 10.2 Å². The lowest BCUT2D eigenvalue weighted by Crippen LogP contribution is -2.11. The van der Waals surface area contributed by atoms with Crippen molar-refractivity contribution in [2.45, 2.75) is 0 Å². The molecule has 0 amide bonds. The summed E-state index contributed by atoms with van der Waals surface area (Å²) in [5, 5.41) is 28.7. The number of hydrogen-bond donors (Lipinski definition) is 4. The number of aliphatic hydroxyl groups is 2. The van der Waals surface area contributed by atoms with E-state index in [0.717, 1.165) is 11.1 Å². The minimum Gasteiger partial charge on any atom is -0.390 e. The first-order valence-electron chi connectivity index (χ1n) is 8.80. The zero-order valence-corrected chi connectivity index (χ0v) is 18.4. The second kappa shape index (κ2) is 12.2. The molecule has 0 unspecified atom stereocenters. The van der Waals surface area contributed by atoms with Crippen LogP contribution in [0.5, 0.6) is 0 Å². The summed E-state index contributed by atoms with van der Waals surface area (Å²) >= 11 is 11.8. The van der Waals surface area contributed by atoms with Crippen LogP contribution < -0.4 is 10.9 Å². The summed E-state index contributed by atoms with van der Waals surface area (Å²) in [5.41, 5.74) is 7.85. The molecule has 8 nitrogen and oxygen atoms in total. The molecule has 162 valence electrons. The summed E-state index contributed by atoms with van der Waals surface area (Å²) in [4.78, 5) is 8.17. The van der Waals surface area contributed by atoms with E-state index in [9.17, 15) is 10.2 Å². The van der Waals surface area contributed by atoms with E-state index in [1.54, 1.807) is 54.6 Å². The van der Waals surface area contributed by atoms with Crippen LogP contribution in [0.1, 0.15) is 11.1 Å². The molecule has 0 bridgehead atoms. The van der Waals surface area contributed by atoms with Gasteiger partial charge in [-0.25, -0.2) is 9.97 Å². The first kappa shape index (κ1) is 24.5. The molecule has 0 spiro atoms. The molecule has 0 atom stereocenters. The van der Waals surface area contributed by atoms with Crippen LogP contribution in [-0.4, -0.2) is 44.8 Å². The number of aliphatic hydroxyl groups excluding tert-OH is 2. The van der Waals surface area contributed by atoms with E-state index >= 15 is 0 Å². The van der Waals surface area contributed by atoms with Gasteiger partial charge in [-0.1, -0.05) is 47.5 Å². The molecular formula is C20H19Cl3N6O2. The van der Waals surface area contributed by atoms with Crippen LogP contribution >= 0.6 is 35.6 Å². The lowest BCUT2D eigenvalue weighted by molar-refractivity contribution is 0.357. The molecule has 0 fully saturated rings. The fourth-order valence-electron chi connectivity index (χ4n) is 2.40. The van der Waals surface area contributed by atoms with Gasteiger partial charge in [0.05, 0.1) is 24.6 Å². The number of anilines is 2. The minimum absolute atomic E-state index is 0. The summed E-state index contributed by atoms with van der Waals surface area (Å²) < 4.78 is 0. The van der Waals surface area contributed by atoms with Gasteiger partial charge in [0, 0.05) is 27.2 Å². The maximum absolute atomic E-state index is 9.58. The zero-order valence-electron chi connectivity index (χ0n) is 16.0. The molecule has 1 aromatic heterocycles. The largest absolute Gasteiger partial charge is 0.390 e. The van der Waals surface area contributed by atoms with Crippen LogP contribution in [0.4, 0.5) is 11.6 Å². The smallest absolute Gasteiger partial charge is 0.151 e. The molecule has 4 N–H and O–H groups in total. The van der Waals surface area contributed by atoms with Crippen molar-refractivity contribution in [3.63, 3.8) is 0 Å². The van der Waals surface area contributed by atoms with Crippen molar-refractivity contribution >= 4 is 58.7 Å². The third-order valence-corrected chi connectivity index (χ3v) is 4.44. The second-order valence-corrected chi connectivity index (χ2v) is 6.83. The van der Waals surface area contributed by atoms with Crippen molar-refractivity contribution in [2.24, 2.45) is 10.2 Å². The Morgan fingerprint density at radius 3 is 1.48 bits per heavy atom. The topological polar surface area (TPSA) is 115 Å². The molecule has 31 heavy (non-hydrogen) atoms. The highest BCUT2D eigenvalue weighted by Crippen LogP contribution is 2.13. The van der Waals surface area contributed by atoms with Gasteiger partial charge in [0.2, 0.25) is 0 Å². The van der Waals surface area contributed by atoms with Gasteiger partial charge in [-0.3, -0.25) is 10.9 Å². The van der Waals surface area contributed by atoms with Crippen molar-refractivity contribution in [3.8, 4) is 0 Å². The molecule has 0 radical (unpaired) electrons. The van der Waals surface area contributed by atoms with Crippen LogP contribution in [0.3, 0.4) is 0 Å². The van der Waals surface area contributed by atoms with Crippen LogP contribution in [0.25, 0.3) is 0 Å². The average molecular weight is 482 g/mol. The second-order valence-electron chi connectivity index (χ2n) is 5.96. The molecule has 0 aliphatic rings. The molecule has 0 aliphatic carbocycles. The molecule has 0 aliphatic heterocycles. The van der Waals surface area contributed by atoms with Crippen LogP contribution in [0, 0.1) is 0 Å². The average Bonchev–Trinajstić information content (AvgIpc) is 2.77. The Hall–Kier alpha value is -2.75. The molecular weight excluding hydrogens is 463 g/mol. The maximum Gasteiger partial charge on any atom is 0.151 e. The fraction of sp³-hybridized carbons (Fsp3) is 0.100. The van der Waals surface area contributed by atoms with E-state index < -0.39 is 0 Å². The Labute approximate surface area is 195 Å². The van der Waals surface area contributed by atoms with Crippen molar-refractivity contribution < 1.29 is 10.2 Å². The predicted molar refractivity (Wildman–Crippen MR) is 127 cm³/mol. The molecule has 11 heteroatoms. The SMILES string of the molecule is Cl.OCC(=NNc1cc(NN=C(CO)c2ccc(Cl)cc2)ncn1)c1ccc(Cl)cc1. The number of hydrazone groups is 2. The van der Waals surface area contributed by atoms with Crippen LogP contribution in [0.15, 0.2) is 71.1 Å². The van der Waals surface area contributed by atoms with Gasteiger partial charge in [0.25, 0.3) is 0 Å². The highest BCUT2D eigenvalue weighted by atomic mass is 35.5. The number of halogens is 3. The lowest BCUT2D eigenvalue weighted by atomic mass is 10.1. The summed E-state index contributed by atoms with van der Waals surface area (Å²) in [6.07, 6.45) is 1.33. The number of rotatable bonds is 8. The first-order valence-corrected chi connectivity index (χ1v) is 9.55. The fourth-order valence-corrected chi connectivity index (χ4v) is 2.65. The molecule has 1 heterocycles. The summed E-state index contributed by atoms with van der Waals surface area (Å²) in [6, 6.07) is 15.5. The van der Waals surface area contributed by atoms with E-state index in [-0.39, 0.29) is 25.6 Å². The van der Waals surface area contributed by atoms with Gasteiger partial charge in [-0.2, -0.15) is 10.2 Å². The number of nitrogens with one attached hydrogen (secondary N) is 2. The van der Waals surface area contributed by atoms with E-state index in [2.05, 4.69) is 31.0 Å². The van der Waals surface area contributed by atoms with Gasteiger partial charge in [0.1, 0.15) is 6.33 Å². The highest BCUT2D eigenvalue weighted by Gasteiger charge is 2.05. The Bertz CT molecular complexity index is 963. The summed E-state index contributed by atoms with van der Waals surface area (Å²) in [7, 11) is 0. The minimum atomic E-state index is -0.268. The molecule has 3 rings (SSSR count). The standard InChI is InChI=1S/C20H18Cl2N6O2.ClH/c21-15-5-1-13(2-6-15)17(10-29)25-27-19-9-20(24-12-23-19)28-26-18(11-30)14-3-7-16(22)8-4-14;/h1-9,12,29-30H,10-11H2,(H2,23,24,27,28);1H. The third kappa shape index (κ3) is 7.16. The van der Waals surface area contributed by atoms with E-state index in [1.807, 2.05) is 0 Å². The molecule has 0 saturated carbocycles. The Kier molecular flexibility index (Phi) is 9.64. The van der Waals surface area contributed by atoms with E-state index in [4.69, 9.17) is 23.2 Å². The number of nitrogens with zero attached hydrogens (tertiary/aromatic N) is 4. The monoisotopic (exact) mass is 480 g/mol. The Morgan fingerprint density at radius 2 is 1.13 bits per heavy atom. The highest BCUT2D eigenvalue weighted by molar-refractivity contribution is 6.31. The third-order valence-electron chi connectivity index (χ3n) is 3.93. The summed E-state index contributed by atoms with van der Waals surface area (Å²) in [5.74, 6) is 0.777. The van der Waals surface area contributed by atoms with Crippen molar-refractivity contribution in [3.05, 3.63) is 82.1 Å². The molecule has 2 aromatic carbocycles. The van der Waals surface area contributed by atoms with Gasteiger partial charge in [0.15, 0.2) is 11.6 Å². The van der Waals surface area contributed by atoms with Crippen LogP contribution in [0.2, 0.25) is 10.0 Å². The number of hydrogen-bond acceptors (Lipinski definition) is 8. The lowest BCUT2D eigenvalue weighted by Gasteiger charge is -2.07. The first-order chi connectivity index (χ1) is 14.6. The zero-order chi connectivity index (χ0) is 21.3. The van der Waals surface area contributed by atoms with Gasteiger partial charge >= 0.3 is 0 Å². The summed E-state index contributed by atoms with van der Waals surface area (Å²) in [6.45, 7) is -0.536.